The molecule has 0 saturated carbocycles. The van der Waals surface area contributed by atoms with E-state index in [0.717, 1.165) is 22.3 Å². The molecule has 0 aromatic heterocycles. The summed E-state index contributed by atoms with van der Waals surface area (Å²) < 4.78 is 5.60. The lowest BCUT2D eigenvalue weighted by atomic mass is 9.96. The first-order valence-electron chi connectivity index (χ1n) is 11.7. The molecule has 0 fully saturated rings. The van der Waals surface area contributed by atoms with E-state index in [0.29, 0.717) is 6.42 Å². The number of carboxylic acid groups (broad SMARTS) is 1. The number of benzene rings is 2. The molecule has 7 heteroatoms. The van der Waals surface area contributed by atoms with E-state index in [2.05, 4.69) is 34.9 Å². The summed E-state index contributed by atoms with van der Waals surface area (Å²) >= 11 is 0. The number of ether oxygens (including phenoxy) is 1. The molecule has 1 aliphatic carbocycles. The molecule has 0 spiro atoms. The van der Waals surface area contributed by atoms with Gasteiger partial charge in [0.2, 0.25) is 5.91 Å². The molecule has 0 saturated heterocycles. The van der Waals surface area contributed by atoms with Crippen molar-refractivity contribution in [3.8, 4) is 11.1 Å². The Labute approximate surface area is 200 Å². The highest BCUT2D eigenvalue weighted by Crippen LogP contribution is 2.44. The molecule has 2 aromatic carbocycles. The number of fused-ring (bicyclic) bond motifs is 3. The van der Waals surface area contributed by atoms with Crippen molar-refractivity contribution in [3.05, 3.63) is 59.7 Å². The zero-order valence-electron chi connectivity index (χ0n) is 20.3. The van der Waals surface area contributed by atoms with E-state index in [1.54, 1.807) is 13.8 Å². The first-order valence-corrected chi connectivity index (χ1v) is 11.7. The quantitative estimate of drug-likeness (QED) is 0.471. The van der Waals surface area contributed by atoms with Gasteiger partial charge in [0.15, 0.2) is 0 Å². The second-order valence-electron chi connectivity index (χ2n) is 9.92. The van der Waals surface area contributed by atoms with Gasteiger partial charge in [0.05, 0.1) is 0 Å². The third-order valence-corrected chi connectivity index (χ3v) is 6.08. The average Bonchev–Trinajstić information content (AvgIpc) is 3.09. The van der Waals surface area contributed by atoms with Gasteiger partial charge in [0.25, 0.3) is 0 Å². The number of carbonyl (C=O) groups is 3. The van der Waals surface area contributed by atoms with Gasteiger partial charge in [-0.05, 0) is 54.9 Å². The summed E-state index contributed by atoms with van der Waals surface area (Å²) in [6, 6.07) is 15.4. The Morgan fingerprint density at radius 3 is 2.09 bits per heavy atom. The van der Waals surface area contributed by atoms with Crippen LogP contribution >= 0.6 is 0 Å². The van der Waals surface area contributed by atoms with Crippen molar-refractivity contribution in [1.82, 2.24) is 10.6 Å². The van der Waals surface area contributed by atoms with Gasteiger partial charge in [-0.15, -0.1) is 0 Å². The largest absolute Gasteiger partial charge is 0.481 e. The van der Waals surface area contributed by atoms with Crippen molar-refractivity contribution in [3.63, 3.8) is 0 Å². The second-order valence-corrected chi connectivity index (χ2v) is 9.92. The van der Waals surface area contributed by atoms with Gasteiger partial charge in [-0.3, -0.25) is 9.59 Å². The first kappa shape index (κ1) is 25.3. The standard InChI is InChI=1S/C27H34N2O5/c1-17(2)15-23(25(32)29-27(3,4)14-13-24(30)31)28-26(33)34-16-22-20-11-7-5-9-18(20)19-10-6-8-12-21(19)22/h5-12,17,22-23H,13-16H2,1-4H3,(H,28,33)(H,29,32)(H,30,31)/t23-/m1/s1. The van der Waals surface area contributed by atoms with Crippen LogP contribution in [0.2, 0.25) is 0 Å². The van der Waals surface area contributed by atoms with Crippen LogP contribution in [0, 0.1) is 5.92 Å². The van der Waals surface area contributed by atoms with E-state index in [1.807, 2.05) is 38.1 Å². The normalized spacial score (nSPS) is 13.7. The number of nitrogens with one attached hydrogen (secondary N) is 2. The van der Waals surface area contributed by atoms with E-state index < -0.39 is 23.6 Å². The lowest BCUT2D eigenvalue weighted by Gasteiger charge is -2.29. The number of alkyl carbamates (subject to hydrolysis) is 1. The monoisotopic (exact) mass is 466 g/mol. The van der Waals surface area contributed by atoms with Crippen LogP contribution in [0.1, 0.15) is 64.0 Å². The van der Waals surface area contributed by atoms with Gasteiger partial charge in [0, 0.05) is 17.9 Å². The van der Waals surface area contributed by atoms with Crippen LogP contribution in [0.5, 0.6) is 0 Å². The van der Waals surface area contributed by atoms with Gasteiger partial charge in [-0.2, -0.15) is 0 Å². The summed E-state index contributed by atoms with van der Waals surface area (Å²) in [7, 11) is 0. The summed E-state index contributed by atoms with van der Waals surface area (Å²) in [6.45, 7) is 7.64. The van der Waals surface area contributed by atoms with E-state index >= 15 is 0 Å². The molecule has 0 heterocycles. The van der Waals surface area contributed by atoms with Gasteiger partial charge >= 0.3 is 12.1 Å². The SMILES string of the molecule is CC(C)C[C@@H](NC(=O)OCC1c2ccccc2-c2ccccc21)C(=O)NC(C)(C)CCC(=O)O. The Balaban J connectivity index is 1.64. The number of carbonyl (C=O) groups excluding carboxylic acids is 2. The minimum Gasteiger partial charge on any atom is -0.481 e. The zero-order valence-corrected chi connectivity index (χ0v) is 20.3. The fourth-order valence-electron chi connectivity index (χ4n) is 4.39. The summed E-state index contributed by atoms with van der Waals surface area (Å²) in [5, 5.41) is 14.5. The van der Waals surface area contributed by atoms with Gasteiger partial charge in [0.1, 0.15) is 12.6 Å². The lowest BCUT2D eigenvalue weighted by molar-refractivity contribution is -0.138. The molecule has 182 valence electrons. The summed E-state index contributed by atoms with van der Waals surface area (Å²) in [5.74, 6) is -1.17. The Morgan fingerprint density at radius 2 is 1.56 bits per heavy atom. The molecule has 2 aromatic rings. The van der Waals surface area contributed by atoms with Crippen molar-refractivity contribution in [2.75, 3.05) is 6.61 Å². The minimum atomic E-state index is -0.919. The van der Waals surface area contributed by atoms with Gasteiger partial charge in [-0.25, -0.2) is 4.79 Å². The molecule has 1 atom stereocenters. The van der Waals surface area contributed by atoms with Crippen LogP contribution in [0.25, 0.3) is 11.1 Å². The molecule has 3 N–H and O–H groups in total. The number of carboxylic acids is 1. The van der Waals surface area contributed by atoms with Crippen LogP contribution in [0.4, 0.5) is 4.79 Å². The fraction of sp³-hybridized carbons (Fsp3) is 0.444. The Morgan fingerprint density at radius 1 is 1.00 bits per heavy atom. The molecule has 3 rings (SSSR count). The smallest absolute Gasteiger partial charge is 0.407 e. The van der Waals surface area contributed by atoms with Crippen LogP contribution in [0.15, 0.2) is 48.5 Å². The number of rotatable bonds is 10. The molecule has 2 amide bonds. The molecule has 0 radical (unpaired) electrons. The highest BCUT2D eigenvalue weighted by Gasteiger charge is 2.31. The molecule has 7 nitrogen and oxygen atoms in total. The maximum absolute atomic E-state index is 12.9. The summed E-state index contributed by atoms with van der Waals surface area (Å²) in [6.07, 6.45) is 0.0198. The van der Waals surface area contributed by atoms with Crippen molar-refractivity contribution < 1.29 is 24.2 Å². The van der Waals surface area contributed by atoms with Crippen molar-refractivity contribution >= 4 is 18.0 Å². The molecule has 0 aliphatic heterocycles. The van der Waals surface area contributed by atoms with E-state index in [1.165, 1.54) is 0 Å². The Kier molecular flexibility index (Phi) is 7.97. The number of hydrogen-bond acceptors (Lipinski definition) is 4. The summed E-state index contributed by atoms with van der Waals surface area (Å²) in [4.78, 5) is 36.5. The highest BCUT2D eigenvalue weighted by molar-refractivity contribution is 5.86. The molecule has 1 aliphatic rings. The van der Waals surface area contributed by atoms with Crippen LogP contribution in [0.3, 0.4) is 0 Å². The minimum absolute atomic E-state index is 0.0536. The lowest BCUT2D eigenvalue weighted by Crippen LogP contribution is -2.53. The fourth-order valence-corrected chi connectivity index (χ4v) is 4.39. The predicted molar refractivity (Wildman–Crippen MR) is 131 cm³/mol. The predicted octanol–water partition coefficient (Wildman–Crippen LogP) is 4.70. The van der Waals surface area contributed by atoms with Crippen molar-refractivity contribution in [2.24, 2.45) is 5.92 Å². The third kappa shape index (κ3) is 6.37. The molecule has 0 unspecified atom stereocenters. The number of amides is 2. The highest BCUT2D eigenvalue weighted by atomic mass is 16.5. The Hall–Kier alpha value is -3.35. The van der Waals surface area contributed by atoms with Crippen LogP contribution in [-0.2, 0) is 14.3 Å². The average molecular weight is 467 g/mol. The number of hydrogen-bond donors (Lipinski definition) is 3. The molecule has 34 heavy (non-hydrogen) atoms. The zero-order chi connectivity index (χ0) is 24.9. The van der Waals surface area contributed by atoms with Crippen molar-refractivity contribution in [1.29, 1.82) is 0 Å². The van der Waals surface area contributed by atoms with Gasteiger partial charge in [-0.1, -0.05) is 62.4 Å². The maximum atomic E-state index is 12.9. The molecular formula is C27H34N2O5. The summed E-state index contributed by atoms with van der Waals surface area (Å²) in [5.41, 5.74) is 3.81. The van der Waals surface area contributed by atoms with Gasteiger partial charge < -0.3 is 20.5 Å². The Bertz CT molecular complexity index is 1000. The van der Waals surface area contributed by atoms with Crippen LogP contribution in [-0.4, -0.2) is 41.3 Å². The third-order valence-electron chi connectivity index (χ3n) is 6.08. The first-order chi connectivity index (χ1) is 16.1. The second kappa shape index (κ2) is 10.7. The molecule has 0 bridgehead atoms. The van der Waals surface area contributed by atoms with E-state index in [9.17, 15) is 14.4 Å². The maximum Gasteiger partial charge on any atom is 0.407 e. The number of aliphatic carboxylic acids is 1. The van der Waals surface area contributed by atoms with E-state index in [-0.39, 0.29) is 37.2 Å². The van der Waals surface area contributed by atoms with E-state index in [4.69, 9.17) is 9.84 Å². The molecular weight excluding hydrogens is 432 g/mol. The topological polar surface area (TPSA) is 105 Å². The van der Waals surface area contributed by atoms with Crippen molar-refractivity contribution in [2.45, 2.75) is 64.5 Å². The van der Waals surface area contributed by atoms with Crippen LogP contribution < -0.4 is 10.6 Å².